The lowest BCUT2D eigenvalue weighted by Gasteiger charge is -2.12. The van der Waals surface area contributed by atoms with Crippen LogP contribution in [0.3, 0.4) is 0 Å². The Hall–Kier alpha value is -3.04. The number of nitrogens with one attached hydrogen (secondary N) is 2. The summed E-state index contributed by atoms with van der Waals surface area (Å²) in [4.78, 5) is 28.1. The molecule has 0 saturated carbocycles. The summed E-state index contributed by atoms with van der Waals surface area (Å²) in [6.07, 6.45) is 3.67. The molecule has 0 aliphatic heterocycles. The molecule has 2 N–H and O–H groups in total. The van der Waals surface area contributed by atoms with Crippen molar-refractivity contribution in [2.24, 2.45) is 7.05 Å². The predicted molar refractivity (Wildman–Crippen MR) is 114 cm³/mol. The highest BCUT2D eigenvalue weighted by Crippen LogP contribution is 2.34. The molecule has 29 heavy (non-hydrogen) atoms. The van der Waals surface area contributed by atoms with E-state index >= 15 is 0 Å². The molecule has 1 aromatic heterocycles. The Labute approximate surface area is 176 Å². The van der Waals surface area contributed by atoms with E-state index in [4.69, 9.17) is 11.6 Å². The maximum atomic E-state index is 12.4. The van der Waals surface area contributed by atoms with E-state index in [0.29, 0.717) is 16.4 Å². The second kappa shape index (κ2) is 9.44. The normalized spacial score (nSPS) is 10.6. The first-order chi connectivity index (χ1) is 13.9. The van der Waals surface area contributed by atoms with Gasteiger partial charge in [-0.1, -0.05) is 23.7 Å². The molecule has 0 spiro atoms. The van der Waals surface area contributed by atoms with E-state index in [1.54, 1.807) is 36.5 Å². The quantitative estimate of drug-likeness (QED) is 0.400. The fourth-order valence-electron chi connectivity index (χ4n) is 2.54. The van der Waals surface area contributed by atoms with Crippen LogP contribution < -0.4 is 10.6 Å². The molecule has 1 heterocycles. The Morgan fingerprint density at radius 1 is 1.28 bits per heavy atom. The summed E-state index contributed by atoms with van der Waals surface area (Å²) in [6, 6.07) is 11.6. The van der Waals surface area contributed by atoms with E-state index in [2.05, 4.69) is 15.6 Å². The molecule has 2 aromatic carbocycles. The molecule has 1 amide bonds. The summed E-state index contributed by atoms with van der Waals surface area (Å²) in [5.41, 5.74) is 0.928. The smallest absolute Gasteiger partial charge is 0.292 e. The third-order valence-corrected chi connectivity index (χ3v) is 5.35. The number of halogens is 1. The first kappa shape index (κ1) is 20.7. The zero-order chi connectivity index (χ0) is 20.8. The van der Waals surface area contributed by atoms with Crippen LogP contribution in [-0.2, 0) is 11.8 Å². The Morgan fingerprint density at radius 2 is 2.07 bits per heavy atom. The zero-order valence-corrected chi connectivity index (χ0v) is 17.0. The molecule has 0 unspecified atom stereocenters. The fourth-order valence-corrected chi connectivity index (χ4v) is 3.59. The lowest BCUT2D eigenvalue weighted by Crippen LogP contribution is -2.17. The van der Waals surface area contributed by atoms with Crippen LogP contribution in [0.4, 0.5) is 17.1 Å². The Kier molecular flexibility index (Phi) is 6.73. The fraction of sp³-hybridized carbons (Fsp3) is 0.158. The molecule has 0 aliphatic rings. The van der Waals surface area contributed by atoms with Gasteiger partial charge >= 0.3 is 0 Å². The summed E-state index contributed by atoms with van der Waals surface area (Å²) in [5, 5.41) is 18.1. The molecule has 0 aliphatic carbocycles. The van der Waals surface area contributed by atoms with Gasteiger partial charge in [-0.3, -0.25) is 14.9 Å². The van der Waals surface area contributed by atoms with E-state index in [-0.39, 0.29) is 24.6 Å². The van der Waals surface area contributed by atoms with Crippen molar-refractivity contribution in [3.8, 4) is 0 Å². The van der Waals surface area contributed by atoms with Crippen LogP contribution in [0.5, 0.6) is 0 Å². The minimum Gasteiger partial charge on any atom is -0.379 e. The Morgan fingerprint density at radius 3 is 2.79 bits per heavy atom. The van der Waals surface area contributed by atoms with E-state index in [0.717, 1.165) is 10.1 Å². The first-order valence-corrected chi connectivity index (χ1v) is 9.85. The number of carbonyl (C=O) groups excluding carboxylic acids is 1. The molecule has 0 atom stereocenters. The Bertz CT molecular complexity index is 1040. The SMILES string of the molecule is Cn1ccnc1Sc1ccc(Cl)cc1NC(=O)CCNc1ccccc1[N+](=O)[O-]. The minimum absolute atomic E-state index is 0.0310. The van der Waals surface area contributed by atoms with Gasteiger partial charge in [0, 0.05) is 48.4 Å². The van der Waals surface area contributed by atoms with Crippen molar-refractivity contribution in [2.45, 2.75) is 16.5 Å². The highest BCUT2D eigenvalue weighted by molar-refractivity contribution is 7.99. The van der Waals surface area contributed by atoms with Crippen molar-refractivity contribution < 1.29 is 9.72 Å². The van der Waals surface area contributed by atoms with E-state index in [9.17, 15) is 14.9 Å². The van der Waals surface area contributed by atoms with Gasteiger partial charge < -0.3 is 15.2 Å². The number of aryl methyl sites for hydroxylation is 1. The van der Waals surface area contributed by atoms with Crippen molar-refractivity contribution in [2.75, 3.05) is 17.2 Å². The van der Waals surface area contributed by atoms with Gasteiger partial charge in [0.2, 0.25) is 5.91 Å². The number of para-hydroxylation sites is 2. The number of benzene rings is 2. The monoisotopic (exact) mass is 431 g/mol. The number of nitrogens with zero attached hydrogens (tertiary/aromatic N) is 3. The largest absolute Gasteiger partial charge is 0.379 e. The highest BCUT2D eigenvalue weighted by Gasteiger charge is 2.14. The van der Waals surface area contributed by atoms with Crippen LogP contribution in [0.1, 0.15) is 6.42 Å². The van der Waals surface area contributed by atoms with Crippen LogP contribution in [0.25, 0.3) is 0 Å². The molecule has 3 rings (SSSR count). The highest BCUT2D eigenvalue weighted by atomic mass is 35.5. The average Bonchev–Trinajstić information content (AvgIpc) is 3.09. The average molecular weight is 432 g/mol. The van der Waals surface area contributed by atoms with Gasteiger partial charge in [0.15, 0.2) is 5.16 Å². The maximum Gasteiger partial charge on any atom is 0.292 e. The van der Waals surface area contributed by atoms with Crippen molar-refractivity contribution in [1.29, 1.82) is 0 Å². The molecule has 0 fully saturated rings. The predicted octanol–water partition coefficient (Wildman–Crippen LogP) is 4.57. The molecule has 3 aromatic rings. The van der Waals surface area contributed by atoms with Crippen LogP contribution in [-0.4, -0.2) is 26.9 Å². The van der Waals surface area contributed by atoms with Crippen molar-refractivity contribution >= 4 is 46.3 Å². The second-order valence-electron chi connectivity index (χ2n) is 6.06. The third kappa shape index (κ3) is 5.49. The molecule has 0 saturated heterocycles. The van der Waals surface area contributed by atoms with Gasteiger partial charge in [0.05, 0.1) is 10.6 Å². The molecule has 0 bridgehead atoms. The number of aromatic nitrogens is 2. The van der Waals surface area contributed by atoms with Gasteiger partial charge in [0.1, 0.15) is 5.69 Å². The zero-order valence-electron chi connectivity index (χ0n) is 15.5. The lowest BCUT2D eigenvalue weighted by atomic mass is 10.2. The summed E-state index contributed by atoms with van der Waals surface area (Å²) in [5.74, 6) is -0.236. The molecule has 150 valence electrons. The molecule has 8 nitrogen and oxygen atoms in total. The molecular formula is C19H18ClN5O3S. The van der Waals surface area contributed by atoms with Gasteiger partial charge in [0.25, 0.3) is 5.69 Å². The van der Waals surface area contributed by atoms with E-state index < -0.39 is 4.92 Å². The number of imidazole rings is 1. The molecular weight excluding hydrogens is 414 g/mol. The number of rotatable bonds is 8. The van der Waals surface area contributed by atoms with Gasteiger partial charge in [-0.15, -0.1) is 0 Å². The van der Waals surface area contributed by atoms with Gasteiger partial charge in [-0.25, -0.2) is 4.98 Å². The number of carbonyl (C=O) groups is 1. The van der Waals surface area contributed by atoms with Gasteiger partial charge in [-0.2, -0.15) is 0 Å². The summed E-state index contributed by atoms with van der Waals surface area (Å²) >= 11 is 7.50. The number of hydrogen-bond acceptors (Lipinski definition) is 6. The number of nitro groups is 1. The van der Waals surface area contributed by atoms with Crippen LogP contribution in [0, 0.1) is 10.1 Å². The summed E-state index contributed by atoms with van der Waals surface area (Å²) in [6.45, 7) is 0.249. The Balaban J connectivity index is 1.63. The number of nitro benzene ring substituents is 1. The maximum absolute atomic E-state index is 12.4. The standard InChI is InChI=1S/C19H18ClN5O3S/c1-24-11-10-22-19(24)29-17-7-6-13(20)12-15(17)23-18(26)8-9-21-14-4-2-3-5-16(14)25(27)28/h2-7,10-12,21H,8-9H2,1H3,(H,23,26). The van der Waals surface area contributed by atoms with Crippen LogP contribution in [0.2, 0.25) is 5.02 Å². The summed E-state index contributed by atoms with van der Waals surface area (Å²) in [7, 11) is 1.89. The topological polar surface area (TPSA) is 102 Å². The third-order valence-electron chi connectivity index (χ3n) is 3.96. The molecule has 0 radical (unpaired) electrons. The van der Waals surface area contributed by atoms with Crippen LogP contribution in [0.15, 0.2) is 64.9 Å². The minimum atomic E-state index is -0.463. The number of hydrogen-bond donors (Lipinski definition) is 2. The van der Waals surface area contributed by atoms with E-state index in [1.807, 2.05) is 23.9 Å². The number of amides is 1. The van der Waals surface area contributed by atoms with Crippen LogP contribution >= 0.6 is 23.4 Å². The van der Waals surface area contributed by atoms with Crippen molar-refractivity contribution in [3.05, 3.63) is 70.0 Å². The summed E-state index contributed by atoms with van der Waals surface area (Å²) < 4.78 is 1.88. The first-order valence-electron chi connectivity index (χ1n) is 8.66. The molecule has 10 heteroatoms. The lowest BCUT2D eigenvalue weighted by molar-refractivity contribution is -0.384. The second-order valence-corrected chi connectivity index (χ2v) is 7.51. The number of anilines is 2. The van der Waals surface area contributed by atoms with Crippen molar-refractivity contribution in [3.63, 3.8) is 0 Å². The van der Waals surface area contributed by atoms with E-state index in [1.165, 1.54) is 17.8 Å². The van der Waals surface area contributed by atoms with Gasteiger partial charge in [-0.05, 0) is 36.0 Å². The van der Waals surface area contributed by atoms with Crippen molar-refractivity contribution in [1.82, 2.24) is 9.55 Å².